The predicted octanol–water partition coefficient (Wildman–Crippen LogP) is 3.14. The van der Waals surface area contributed by atoms with Gasteiger partial charge in [0.05, 0.1) is 19.8 Å². The van der Waals surface area contributed by atoms with Gasteiger partial charge in [0.25, 0.3) is 0 Å². The van der Waals surface area contributed by atoms with Crippen LogP contribution in [0.25, 0.3) is 0 Å². The van der Waals surface area contributed by atoms with E-state index in [0.29, 0.717) is 19.8 Å². The number of hydrogen-bond acceptors (Lipinski definition) is 3. The molecule has 0 aromatic heterocycles. The summed E-state index contributed by atoms with van der Waals surface area (Å²) in [5, 5.41) is 3.31. The first-order chi connectivity index (χ1) is 10.7. The van der Waals surface area contributed by atoms with E-state index in [1.54, 1.807) is 0 Å². The normalized spacial score (nSPS) is 10.9. The van der Waals surface area contributed by atoms with Gasteiger partial charge < -0.3 is 19.7 Å². The molecule has 0 amide bonds. The molecule has 0 aliphatic heterocycles. The second-order valence-electron chi connectivity index (χ2n) is 4.87. The zero-order valence-corrected chi connectivity index (χ0v) is 17.0. The highest BCUT2D eigenvalue weighted by Gasteiger charge is 2.06. The fourth-order valence-corrected chi connectivity index (χ4v) is 2.04. The number of hydrogen-bond donors (Lipinski definition) is 1. The van der Waals surface area contributed by atoms with Gasteiger partial charge >= 0.3 is 0 Å². The van der Waals surface area contributed by atoms with E-state index in [9.17, 15) is 0 Å². The highest BCUT2D eigenvalue weighted by Crippen LogP contribution is 2.13. The molecule has 1 aromatic rings. The highest BCUT2D eigenvalue weighted by atomic mass is 127. The van der Waals surface area contributed by atoms with Gasteiger partial charge in [-0.2, -0.15) is 0 Å². The molecule has 0 bridgehead atoms. The van der Waals surface area contributed by atoms with Crippen LogP contribution in [0, 0.1) is 0 Å². The summed E-state index contributed by atoms with van der Waals surface area (Å²) >= 11 is 0. The zero-order valence-electron chi connectivity index (χ0n) is 14.7. The maximum atomic E-state index is 5.46. The number of nitrogens with zero attached hydrogens (tertiary/aromatic N) is 2. The summed E-state index contributed by atoms with van der Waals surface area (Å²) in [6.45, 7) is 10.4. The van der Waals surface area contributed by atoms with Gasteiger partial charge in [-0.05, 0) is 38.5 Å². The number of nitrogens with one attached hydrogen (secondary N) is 1. The Morgan fingerprint density at radius 2 is 1.83 bits per heavy atom. The molecule has 0 unspecified atom stereocenters. The van der Waals surface area contributed by atoms with Gasteiger partial charge in [0.15, 0.2) is 5.96 Å². The molecule has 0 fully saturated rings. The fourth-order valence-electron chi connectivity index (χ4n) is 2.04. The van der Waals surface area contributed by atoms with E-state index in [1.807, 2.05) is 33.0 Å². The second kappa shape index (κ2) is 13.4. The summed E-state index contributed by atoms with van der Waals surface area (Å²) in [5.74, 6) is 1.81. The van der Waals surface area contributed by atoms with Gasteiger partial charge in [-0.25, -0.2) is 0 Å². The smallest absolute Gasteiger partial charge is 0.194 e. The van der Waals surface area contributed by atoms with Crippen molar-refractivity contribution < 1.29 is 9.47 Å². The van der Waals surface area contributed by atoms with Crippen molar-refractivity contribution in [2.75, 3.05) is 40.0 Å². The molecule has 1 N–H and O–H groups in total. The summed E-state index contributed by atoms with van der Waals surface area (Å²) in [5.41, 5.74) is 1.22. The van der Waals surface area contributed by atoms with Crippen molar-refractivity contribution >= 4 is 29.9 Å². The van der Waals surface area contributed by atoms with Crippen LogP contribution in [0.15, 0.2) is 29.3 Å². The highest BCUT2D eigenvalue weighted by molar-refractivity contribution is 14.0. The maximum absolute atomic E-state index is 5.46. The Kier molecular flexibility index (Phi) is 12.8. The lowest BCUT2D eigenvalue weighted by Crippen LogP contribution is -2.38. The monoisotopic (exact) mass is 435 g/mol. The molecular formula is C17H30IN3O2. The quantitative estimate of drug-likeness (QED) is 0.280. The number of aliphatic imine (C=N–C) groups is 1. The van der Waals surface area contributed by atoms with Gasteiger partial charge in [-0.3, -0.25) is 4.99 Å². The average Bonchev–Trinajstić information content (AvgIpc) is 2.52. The molecule has 0 saturated heterocycles. The van der Waals surface area contributed by atoms with Crippen LogP contribution < -0.4 is 10.1 Å². The van der Waals surface area contributed by atoms with Gasteiger partial charge in [-0.1, -0.05) is 12.1 Å². The van der Waals surface area contributed by atoms with Crippen LogP contribution in [0.3, 0.4) is 0 Å². The molecule has 0 saturated carbocycles. The summed E-state index contributed by atoms with van der Waals surface area (Å²) in [4.78, 5) is 6.69. The van der Waals surface area contributed by atoms with E-state index >= 15 is 0 Å². The topological polar surface area (TPSA) is 46.1 Å². The van der Waals surface area contributed by atoms with Crippen LogP contribution in [-0.2, 0) is 11.3 Å². The Bertz CT molecular complexity index is 438. The molecule has 0 aliphatic carbocycles. The lowest BCUT2D eigenvalue weighted by molar-refractivity contribution is 0.155. The van der Waals surface area contributed by atoms with E-state index in [0.717, 1.165) is 31.4 Å². The van der Waals surface area contributed by atoms with Crippen molar-refractivity contribution in [3.8, 4) is 5.75 Å². The minimum Gasteiger partial charge on any atom is -0.494 e. The molecule has 1 aromatic carbocycles. The van der Waals surface area contributed by atoms with Crippen LogP contribution in [0.1, 0.15) is 26.3 Å². The third-order valence-corrected chi connectivity index (χ3v) is 3.05. The number of rotatable bonds is 9. The van der Waals surface area contributed by atoms with Crippen LogP contribution in [0.2, 0.25) is 0 Å². The van der Waals surface area contributed by atoms with Crippen LogP contribution in [0.4, 0.5) is 0 Å². The summed E-state index contributed by atoms with van der Waals surface area (Å²) in [6, 6.07) is 8.19. The van der Waals surface area contributed by atoms with E-state index in [-0.39, 0.29) is 24.0 Å². The molecule has 0 spiro atoms. The number of guanidine groups is 1. The summed E-state index contributed by atoms with van der Waals surface area (Å²) in [6.07, 6.45) is 0. The molecule has 1 rings (SSSR count). The summed E-state index contributed by atoms with van der Waals surface area (Å²) in [7, 11) is 2.04. The Balaban J connectivity index is 0.00000484. The van der Waals surface area contributed by atoms with Crippen molar-refractivity contribution in [3.05, 3.63) is 29.8 Å². The lowest BCUT2D eigenvalue weighted by atomic mass is 10.2. The van der Waals surface area contributed by atoms with Gasteiger partial charge in [0, 0.05) is 26.7 Å². The van der Waals surface area contributed by atoms with Crippen molar-refractivity contribution in [1.82, 2.24) is 10.2 Å². The molecular weight excluding hydrogens is 405 g/mol. The first kappa shape index (κ1) is 22.0. The maximum Gasteiger partial charge on any atom is 0.194 e. The van der Waals surface area contributed by atoms with Crippen molar-refractivity contribution in [2.45, 2.75) is 27.3 Å². The van der Waals surface area contributed by atoms with E-state index < -0.39 is 0 Å². The third kappa shape index (κ3) is 9.00. The molecule has 0 aliphatic rings. The number of ether oxygens (including phenoxy) is 2. The van der Waals surface area contributed by atoms with Crippen molar-refractivity contribution in [2.24, 2.45) is 4.99 Å². The average molecular weight is 435 g/mol. The minimum atomic E-state index is 0. The second-order valence-corrected chi connectivity index (χ2v) is 4.87. The van der Waals surface area contributed by atoms with Crippen molar-refractivity contribution in [1.29, 1.82) is 0 Å². The first-order valence-corrected chi connectivity index (χ1v) is 8.00. The fraction of sp³-hybridized carbons (Fsp3) is 0.588. The number of halogens is 1. The third-order valence-electron chi connectivity index (χ3n) is 3.05. The van der Waals surface area contributed by atoms with E-state index in [4.69, 9.17) is 9.47 Å². The van der Waals surface area contributed by atoms with Crippen LogP contribution in [-0.4, -0.2) is 50.8 Å². The molecule has 23 heavy (non-hydrogen) atoms. The standard InChI is InChI=1S/C17H29N3O2.HI/c1-5-18-17(19-12-13-21-6-2)20(4)14-15-8-10-16(11-9-15)22-7-3;/h8-11H,5-7,12-14H2,1-4H3,(H,18,19);1H. The Morgan fingerprint density at radius 1 is 1.13 bits per heavy atom. The molecule has 0 heterocycles. The first-order valence-electron chi connectivity index (χ1n) is 8.00. The largest absolute Gasteiger partial charge is 0.494 e. The molecule has 132 valence electrons. The van der Waals surface area contributed by atoms with Crippen LogP contribution >= 0.6 is 24.0 Å². The Morgan fingerprint density at radius 3 is 2.39 bits per heavy atom. The van der Waals surface area contributed by atoms with Gasteiger partial charge in [-0.15, -0.1) is 24.0 Å². The van der Waals surface area contributed by atoms with E-state index in [1.165, 1.54) is 5.56 Å². The molecule has 0 radical (unpaired) electrons. The minimum absolute atomic E-state index is 0. The zero-order chi connectivity index (χ0) is 16.2. The Hall–Kier alpha value is -1.02. The number of benzene rings is 1. The lowest BCUT2D eigenvalue weighted by Gasteiger charge is -2.22. The molecule has 5 nitrogen and oxygen atoms in total. The SMILES string of the molecule is CCNC(=NCCOCC)N(C)Cc1ccc(OCC)cc1.I. The predicted molar refractivity (Wildman–Crippen MR) is 107 cm³/mol. The molecule has 0 atom stereocenters. The van der Waals surface area contributed by atoms with Gasteiger partial charge in [0.2, 0.25) is 0 Å². The molecule has 6 heteroatoms. The van der Waals surface area contributed by atoms with Crippen LogP contribution in [0.5, 0.6) is 5.75 Å². The Labute approximate surface area is 157 Å². The van der Waals surface area contributed by atoms with Crippen molar-refractivity contribution in [3.63, 3.8) is 0 Å². The van der Waals surface area contributed by atoms with Gasteiger partial charge in [0.1, 0.15) is 5.75 Å². The summed E-state index contributed by atoms with van der Waals surface area (Å²) < 4.78 is 10.8. The van der Waals surface area contributed by atoms with E-state index in [2.05, 4.69) is 34.3 Å².